The van der Waals surface area contributed by atoms with Crippen molar-refractivity contribution in [2.75, 3.05) is 7.11 Å². The predicted molar refractivity (Wildman–Crippen MR) is 61.4 cm³/mol. The van der Waals surface area contributed by atoms with E-state index in [0.29, 0.717) is 24.6 Å². The Labute approximate surface area is 96.1 Å². The topological polar surface area (TPSA) is 52.1 Å². The summed E-state index contributed by atoms with van der Waals surface area (Å²) in [5.41, 5.74) is 0.722. The summed E-state index contributed by atoms with van der Waals surface area (Å²) in [6.45, 7) is 4.17. The average molecular weight is 222 g/mol. The first-order valence-electron chi connectivity index (χ1n) is 5.52. The Morgan fingerprint density at radius 3 is 2.88 bits per heavy atom. The van der Waals surface area contributed by atoms with Crippen molar-refractivity contribution in [1.29, 1.82) is 0 Å². The normalized spacial score (nSPS) is 12.2. The lowest BCUT2D eigenvalue weighted by atomic mass is 10.00. The molecule has 88 valence electrons. The lowest BCUT2D eigenvalue weighted by Gasteiger charge is -2.07. The van der Waals surface area contributed by atoms with Gasteiger partial charge in [-0.3, -0.25) is 4.79 Å². The van der Waals surface area contributed by atoms with Gasteiger partial charge in [-0.1, -0.05) is 20.3 Å². The fourth-order valence-electron chi connectivity index (χ4n) is 1.39. The fourth-order valence-corrected chi connectivity index (χ4v) is 1.39. The molecule has 16 heavy (non-hydrogen) atoms. The van der Waals surface area contributed by atoms with Crippen molar-refractivity contribution in [3.05, 3.63) is 18.1 Å². The smallest absolute Gasteiger partial charge is 0.216 e. The van der Waals surface area contributed by atoms with Crippen molar-refractivity contribution in [1.82, 2.24) is 9.97 Å². The Bertz CT molecular complexity index is 353. The summed E-state index contributed by atoms with van der Waals surface area (Å²) in [5.74, 6) is 1.16. The summed E-state index contributed by atoms with van der Waals surface area (Å²) < 4.78 is 4.98. The molecule has 0 aromatic carbocycles. The molecule has 1 rings (SSSR count). The van der Waals surface area contributed by atoms with Crippen LogP contribution in [0, 0.1) is 5.92 Å². The molecule has 0 spiro atoms. The van der Waals surface area contributed by atoms with Crippen molar-refractivity contribution in [3.63, 3.8) is 0 Å². The Hall–Kier alpha value is -1.45. The van der Waals surface area contributed by atoms with Crippen molar-refractivity contribution in [2.45, 2.75) is 33.1 Å². The van der Waals surface area contributed by atoms with E-state index in [1.165, 1.54) is 6.33 Å². The highest BCUT2D eigenvalue weighted by Gasteiger charge is 2.09. The average Bonchev–Trinajstić information content (AvgIpc) is 2.28. The summed E-state index contributed by atoms with van der Waals surface area (Å²) in [6, 6.07) is 1.70. The Morgan fingerprint density at radius 1 is 1.50 bits per heavy atom. The molecule has 0 N–H and O–H groups in total. The molecule has 0 aliphatic rings. The number of Topliss-reactive ketones (excluding diaryl/α,β-unsaturated/α-hetero) is 1. The minimum atomic E-state index is 0.218. The lowest BCUT2D eigenvalue weighted by Crippen LogP contribution is -2.09. The van der Waals surface area contributed by atoms with E-state index in [1.54, 1.807) is 13.2 Å². The summed E-state index contributed by atoms with van der Waals surface area (Å²) in [7, 11) is 1.55. The number of hydrogen-bond donors (Lipinski definition) is 0. The molecular weight excluding hydrogens is 204 g/mol. The molecule has 0 saturated heterocycles. The summed E-state index contributed by atoms with van der Waals surface area (Å²) in [6.07, 6.45) is 3.43. The highest BCUT2D eigenvalue weighted by Crippen LogP contribution is 2.11. The van der Waals surface area contributed by atoms with E-state index in [1.807, 2.05) is 0 Å². The van der Waals surface area contributed by atoms with E-state index in [4.69, 9.17) is 4.74 Å². The van der Waals surface area contributed by atoms with Gasteiger partial charge in [-0.05, 0) is 5.92 Å². The molecule has 1 unspecified atom stereocenters. The maximum atomic E-state index is 11.7. The second-order valence-electron chi connectivity index (χ2n) is 3.98. The number of ketones is 1. The van der Waals surface area contributed by atoms with Crippen molar-refractivity contribution in [3.8, 4) is 5.88 Å². The number of hydrogen-bond acceptors (Lipinski definition) is 4. The zero-order valence-corrected chi connectivity index (χ0v) is 10.1. The SMILES string of the molecule is CCC(C)CC(=O)Cc1cc(OC)ncn1. The van der Waals surface area contributed by atoms with Crippen LogP contribution in [0.15, 0.2) is 12.4 Å². The summed E-state index contributed by atoms with van der Waals surface area (Å²) in [5, 5.41) is 0. The highest BCUT2D eigenvalue weighted by atomic mass is 16.5. The molecule has 4 heteroatoms. The molecule has 0 amide bonds. The van der Waals surface area contributed by atoms with E-state index in [2.05, 4.69) is 23.8 Å². The second-order valence-corrected chi connectivity index (χ2v) is 3.98. The molecule has 1 aromatic heterocycles. The summed E-state index contributed by atoms with van der Waals surface area (Å²) >= 11 is 0. The van der Waals surface area contributed by atoms with Gasteiger partial charge >= 0.3 is 0 Å². The van der Waals surface area contributed by atoms with Gasteiger partial charge in [0.05, 0.1) is 12.8 Å². The van der Waals surface area contributed by atoms with Gasteiger partial charge in [0.1, 0.15) is 12.1 Å². The minimum absolute atomic E-state index is 0.218. The van der Waals surface area contributed by atoms with Crippen LogP contribution in [0.5, 0.6) is 5.88 Å². The Morgan fingerprint density at radius 2 is 2.25 bits per heavy atom. The van der Waals surface area contributed by atoms with Crippen LogP contribution in [0.3, 0.4) is 0 Å². The third-order valence-electron chi connectivity index (χ3n) is 2.56. The standard InChI is InChI=1S/C12H18N2O2/c1-4-9(2)5-11(15)6-10-7-12(16-3)14-8-13-10/h7-9H,4-6H2,1-3H3. The fraction of sp³-hybridized carbons (Fsp3) is 0.583. The first-order chi connectivity index (χ1) is 7.65. The zero-order chi connectivity index (χ0) is 12.0. The van der Waals surface area contributed by atoms with Crippen molar-refractivity contribution in [2.24, 2.45) is 5.92 Å². The predicted octanol–water partition coefficient (Wildman–Crippen LogP) is 2.03. The molecule has 0 bridgehead atoms. The van der Waals surface area contributed by atoms with Crippen molar-refractivity contribution < 1.29 is 9.53 Å². The highest BCUT2D eigenvalue weighted by molar-refractivity contribution is 5.80. The van der Waals surface area contributed by atoms with Crippen LogP contribution in [-0.2, 0) is 11.2 Å². The molecular formula is C12H18N2O2. The van der Waals surface area contributed by atoms with Gasteiger partial charge in [0, 0.05) is 18.9 Å². The van der Waals surface area contributed by atoms with E-state index in [9.17, 15) is 4.79 Å². The van der Waals surface area contributed by atoms with Crippen LogP contribution >= 0.6 is 0 Å². The quantitative estimate of drug-likeness (QED) is 0.739. The van der Waals surface area contributed by atoms with Crippen molar-refractivity contribution >= 4 is 5.78 Å². The third-order valence-corrected chi connectivity index (χ3v) is 2.56. The van der Waals surface area contributed by atoms with Gasteiger partial charge < -0.3 is 4.74 Å². The molecule has 0 radical (unpaired) electrons. The lowest BCUT2D eigenvalue weighted by molar-refractivity contribution is -0.119. The van der Waals surface area contributed by atoms with E-state index in [-0.39, 0.29) is 5.78 Å². The van der Waals surface area contributed by atoms with Gasteiger partial charge in [-0.2, -0.15) is 0 Å². The van der Waals surface area contributed by atoms with Gasteiger partial charge in [-0.15, -0.1) is 0 Å². The van der Waals surface area contributed by atoms with Gasteiger partial charge in [0.2, 0.25) is 5.88 Å². The first-order valence-corrected chi connectivity index (χ1v) is 5.52. The first kappa shape index (κ1) is 12.6. The molecule has 1 heterocycles. The van der Waals surface area contributed by atoms with Crippen LogP contribution < -0.4 is 4.74 Å². The zero-order valence-electron chi connectivity index (χ0n) is 10.1. The number of aromatic nitrogens is 2. The van der Waals surface area contributed by atoms with E-state index >= 15 is 0 Å². The van der Waals surface area contributed by atoms with Gasteiger partial charge in [0.25, 0.3) is 0 Å². The van der Waals surface area contributed by atoms with Crippen LogP contribution in [0.1, 0.15) is 32.4 Å². The molecule has 0 fully saturated rings. The maximum absolute atomic E-state index is 11.7. The number of rotatable bonds is 6. The molecule has 1 atom stereocenters. The van der Waals surface area contributed by atoms with E-state index in [0.717, 1.165) is 12.1 Å². The molecule has 0 aliphatic heterocycles. The second kappa shape index (κ2) is 6.20. The summed E-state index contributed by atoms with van der Waals surface area (Å²) in [4.78, 5) is 19.6. The number of carbonyl (C=O) groups is 1. The Balaban J connectivity index is 2.55. The number of carbonyl (C=O) groups excluding carboxylic acids is 1. The third kappa shape index (κ3) is 3.96. The van der Waals surface area contributed by atoms with Crippen LogP contribution in [0.25, 0.3) is 0 Å². The Kier molecular flexibility index (Phi) is 4.89. The molecule has 0 aliphatic carbocycles. The van der Waals surface area contributed by atoms with Gasteiger partial charge in [0.15, 0.2) is 0 Å². The number of methoxy groups -OCH3 is 1. The van der Waals surface area contributed by atoms with Crippen LogP contribution in [-0.4, -0.2) is 22.9 Å². The molecule has 0 saturated carbocycles. The monoisotopic (exact) mass is 222 g/mol. The van der Waals surface area contributed by atoms with Crippen LogP contribution in [0.2, 0.25) is 0 Å². The van der Waals surface area contributed by atoms with Crippen LogP contribution in [0.4, 0.5) is 0 Å². The van der Waals surface area contributed by atoms with E-state index < -0.39 is 0 Å². The van der Waals surface area contributed by atoms with Gasteiger partial charge in [-0.25, -0.2) is 9.97 Å². The molecule has 1 aromatic rings. The maximum Gasteiger partial charge on any atom is 0.216 e. The largest absolute Gasteiger partial charge is 0.481 e. The molecule has 4 nitrogen and oxygen atoms in total. The number of nitrogens with zero attached hydrogens (tertiary/aromatic N) is 2. The minimum Gasteiger partial charge on any atom is -0.481 e. The number of ether oxygens (including phenoxy) is 1.